The molecule has 0 bridgehead atoms. The van der Waals surface area contributed by atoms with Gasteiger partial charge < -0.3 is 15.0 Å². The van der Waals surface area contributed by atoms with Gasteiger partial charge in [0, 0.05) is 38.8 Å². The molecule has 1 N–H and O–H groups in total. The molecule has 2 aliphatic heterocycles. The number of ether oxygens (including phenoxy) is 1. The fourth-order valence-electron chi connectivity index (χ4n) is 4.34. The van der Waals surface area contributed by atoms with Crippen LogP contribution in [0.25, 0.3) is 0 Å². The molecule has 0 saturated carbocycles. The molecule has 1 atom stereocenters. The van der Waals surface area contributed by atoms with Crippen LogP contribution in [0.4, 0.5) is 18.0 Å². The predicted molar refractivity (Wildman–Crippen MR) is 114 cm³/mol. The fraction of sp³-hybridized carbons (Fsp3) is 0.696. The molecule has 0 spiro atoms. The molecule has 0 aromatic heterocycles. The number of hydrogen-bond acceptors (Lipinski definition) is 4. The zero-order chi connectivity index (χ0) is 22.7. The van der Waals surface area contributed by atoms with E-state index in [1.807, 2.05) is 56.0 Å². The number of nitrogens with one attached hydrogen (secondary N) is 1. The van der Waals surface area contributed by atoms with E-state index in [0.29, 0.717) is 39.0 Å². The minimum Gasteiger partial charge on any atom is -0.444 e. The standard InChI is InChI=1S/C23H34F3N3O2/c1-21(2,3)31-20(30)29-12-9-19(10-13-29)27-16-22(23(24,25)26)11-14-28(17-22)15-18-7-5-4-6-8-18/h4-8,19,27H,9-17H2,1-3H3. The number of nitrogens with zero attached hydrogens (tertiary/aromatic N) is 2. The number of carbonyl (C=O) groups excluding carboxylic acids is 1. The van der Waals surface area contributed by atoms with Crippen LogP contribution in [0.15, 0.2) is 30.3 Å². The van der Waals surface area contributed by atoms with Crippen molar-refractivity contribution in [3.05, 3.63) is 35.9 Å². The molecule has 8 heteroatoms. The Morgan fingerprint density at radius 2 is 1.77 bits per heavy atom. The summed E-state index contributed by atoms with van der Waals surface area (Å²) in [5.74, 6) is 0. The van der Waals surface area contributed by atoms with Crippen molar-refractivity contribution in [2.45, 2.75) is 64.4 Å². The van der Waals surface area contributed by atoms with Crippen LogP contribution in [0.2, 0.25) is 0 Å². The Morgan fingerprint density at radius 3 is 2.35 bits per heavy atom. The summed E-state index contributed by atoms with van der Waals surface area (Å²) in [7, 11) is 0. The molecule has 5 nitrogen and oxygen atoms in total. The summed E-state index contributed by atoms with van der Waals surface area (Å²) in [5, 5.41) is 3.18. The quantitative estimate of drug-likeness (QED) is 0.734. The lowest BCUT2D eigenvalue weighted by molar-refractivity contribution is -0.218. The van der Waals surface area contributed by atoms with Gasteiger partial charge in [0.25, 0.3) is 0 Å². The Hall–Kier alpha value is -1.80. The lowest BCUT2D eigenvalue weighted by Crippen LogP contribution is -2.52. The van der Waals surface area contributed by atoms with Gasteiger partial charge in [-0.15, -0.1) is 0 Å². The van der Waals surface area contributed by atoms with Gasteiger partial charge in [0.2, 0.25) is 0 Å². The molecular weight excluding hydrogens is 407 g/mol. The van der Waals surface area contributed by atoms with Crippen molar-refractivity contribution in [2.24, 2.45) is 5.41 Å². The average Bonchev–Trinajstić information content (AvgIpc) is 3.10. The first-order valence-corrected chi connectivity index (χ1v) is 11.0. The van der Waals surface area contributed by atoms with E-state index < -0.39 is 17.2 Å². The van der Waals surface area contributed by atoms with Crippen LogP contribution in [0.5, 0.6) is 0 Å². The molecule has 1 unspecified atom stereocenters. The molecular formula is C23H34F3N3O2. The lowest BCUT2D eigenvalue weighted by atomic mass is 9.85. The van der Waals surface area contributed by atoms with Crippen LogP contribution >= 0.6 is 0 Å². The van der Waals surface area contributed by atoms with E-state index in [4.69, 9.17) is 4.74 Å². The van der Waals surface area contributed by atoms with Crippen molar-refractivity contribution in [3.63, 3.8) is 0 Å². The number of halogens is 3. The third kappa shape index (κ3) is 6.35. The maximum absolute atomic E-state index is 14.1. The number of benzene rings is 1. The molecule has 2 heterocycles. The third-order valence-electron chi connectivity index (χ3n) is 6.16. The van der Waals surface area contributed by atoms with Gasteiger partial charge in [-0.3, -0.25) is 4.90 Å². The number of rotatable bonds is 5. The van der Waals surface area contributed by atoms with Crippen molar-refractivity contribution < 1.29 is 22.7 Å². The average molecular weight is 442 g/mol. The molecule has 1 amide bonds. The van der Waals surface area contributed by atoms with E-state index in [2.05, 4.69) is 5.32 Å². The van der Waals surface area contributed by atoms with Crippen molar-refractivity contribution in [2.75, 3.05) is 32.7 Å². The minimum atomic E-state index is -4.26. The largest absolute Gasteiger partial charge is 0.444 e. The second-order valence-electron chi connectivity index (χ2n) is 9.85. The first-order valence-electron chi connectivity index (χ1n) is 11.0. The van der Waals surface area contributed by atoms with Gasteiger partial charge in [0.1, 0.15) is 5.60 Å². The number of piperidine rings is 1. The predicted octanol–water partition coefficient (Wildman–Crippen LogP) is 4.43. The monoisotopic (exact) mass is 441 g/mol. The van der Waals surface area contributed by atoms with Gasteiger partial charge >= 0.3 is 12.3 Å². The summed E-state index contributed by atoms with van der Waals surface area (Å²) in [4.78, 5) is 15.7. The Bertz CT molecular complexity index is 728. The van der Waals surface area contributed by atoms with E-state index in [0.717, 1.165) is 5.56 Å². The molecule has 2 fully saturated rings. The molecule has 2 aliphatic rings. The fourth-order valence-corrected chi connectivity index (χ4v) is 4.34. The van der Waals surface area contributed by atoms with Gasteiger partial charge in [-0.25, -0.2) is 4.79 Å². The topological polar surface area (TPSA) is 44.8 Å². The first kappa shape index (κ1) is 23.9. The molecule has 0 radical (unpaired) electrons. The number of amides is 1. The van der Waals surface area contributed by atoms with Gasteiger partial charge in [-0.2, -0.15) is 13.2 Å². The highest BCUT2D eigenvalue weighted by atomic mass is 19.4. The maximum Gasteiger partial charge on any atom is 0.410 e. The van der Waals surface area contributed by atoms with Gasteiger partial charge in [0.05, 0.1) is 5.41 Å². The lowest BCUT2D eigenvalue weighted by Gasteiger charge is -2.37. The van der Waals surface area contributed by atoms with Crippen LogP contribution in [0.3, 0.4) is 0 Å². The molecule has 0 aliphatic carbocycles. The van der Waals surface area contributed by atoms with Crippen LogP contribution < -0.4 is 5.32 Å². The smallest absolute Gasteiger partial charge is 0.410 e. The summed E-state index contributed by atoms with van der Waals surface area (Å²) in [6.45, 7) is 7.33. The van der Waals surface area contributed by atoms with Gasteiger partial charge in [-0.05, 0) is 52.1 Å². The summed E-state index contributed by atoms with van der Waals surface area (Å²) < 4.78 is 47.6. The van der Waals surface area contributed by atoms with Crippen LogP contribution in [-0.2, 0) is 11.3 Å². The molecule has 1 aromatic rings. The summed E-state index contributed by atoms with van der Waals surface area (Å²) in [6.07, 6.45) is -3.26. The molecule has 1 aromatic carbocycles. The summed E-state index contributed by atoms with van der Waals surface area (Å²) in [6, 6.07) is 9.60. The van der Waals surface area contributed by atoms with Crippen molar-refractivity contribution in [1.82, 2.24) is 15.1 Å². The second kappa shape index (κ2) is 9.36. The molecule has 2 saturated heterocycles. The van der Waals surface area contributed by atoms with E-state index in [1.54, 1.807) is 4.90 Å². The van der Waals surface area contributed by atoms with E-state index in [-0.39, 0.29) is 31.6 Å². The van der Waals surface area contributed by atoms with Crippen molar-refractivity contribution >= 4 is 6.09 Å². The number of carbonyl (C=O) groups is 1. The van der Waals surface area contributed by atoms with Crippen LogP contribution in [-0.4, -0.2) is 66.4 Å². The number of alkyl halides is 3. The summed E-state index contributed by atoms with van der Waals surface area (Å²) >= 11 is 0. The SMILES string of the molecule is CC(C)(C)OC(=O)N1CCC(NCC2(C(F)(F)F)CCN(Cc3ccccc3)C2)CC1. The zero-order valence-electron chi connectivity index (χ0n) is 18.7. The van der Waals surface area contributed by atoms with Crippen LogP contribution in [0.1, 0.15) is 45.6 Å². The Morgan fingerprint density at radius 1 is 1.13 bits per heavy atom. The highest BCUT2D eigenvalue weighted by Crippen LogP contribution is 2.45. The maximum atomic E-state index is 14.1. The third-order valence-corrected chi connectivity index (χ3v) is 6.16. The number of likely N-dealkylation sites (tertiary alicyclic amines) is 2. The normalized spacial score (nSPS) is 23.9. The number of hydrogen-bond donors (Lipinski definition) is 1. The second-order valence-corrected chi connectivity index (χ2v) is 9.85. The molecule has 3 rings (SSSR count). The van der Waals surface area contributed by atoms with E-state index in [1.165, 1.54) is 0 Å². The molecule has 174 valence electrons. The Labute approximate surface area is 182 Å². The molecule has 31 heavy (non-hydrogen) atoms. The Balaban J connectivity index is 1.52. The summed E-state index contributed by atoms with van der Waals surface area (Å²) in [5.41, 5.74) is -1.26. The highest BCUT2D eigenvalue weighted by Gasteiger charge is 2.57. The van der Waals surface area contributed by atoms with Crippen LogP contribution in [0, 0.1) is 5.41 Å². The van der Waals surface area contributed by atoms with Gasteiger partial charge in [0.15, 0.2) is 0 Å². The zero-order valence-corrected chi connectivity index (χ0v) is 18.7. The minimum absolute atomic E-state index is 0.00908. The Kier molecular flexibility index (Phi) is 7.21. The van der Waals surface area contributed by atoms with Crippen molar-refractivity contribution in [3.8, 4) is 0 Å². The van der Waals surface area contributed by atoms with Gasteiger partial charge in [-0.1, -0.05) is 30.3 Å². The van der Waals surface area contributed by atoms with Crippen molar-refractivity contribution in [1.29, 1.82) is 0 Å². The first-order chi connectivity index (χ1) is 14.5. The highest BCUT2D eigenvalue weighted by molar-refractivity contribution is 5.68. The van der Waals surface area contributed by atoms with E-state index in [9.17, 15) is 18.0 Å². The van der Waals surface area contributed by atoms with E-state index >= 15 is 0 Å².